The number of aromatic nitrogens is 2. The average Bonchev–Trinajstić information content (AvgIpc) is 2.51. The van der Waals surface area contributed by atoms with Crippen LogP contribution in [0.5, 0.6) is 0 Å². The molecule has 0 radical (unpaired) electrons. The predicted octanol–water partition coefficient (Wildman–Crippen LogP) is 3.59. The van der Waals surface area contributed by atoms with Gasteiger partial charge in [0.25, 0.3) is 0 Å². The summed E-state index contributed by atoms with van der Waals surface area (Å²) in [6.07, 6.45) is 3.69. The van der Waals surface area contributed by atoms with E-state index in [9.17, 15) is 4.79 Å². The number of ether oxygens (including phenoxy) is 1. The van der Waals surface area contributed by atoms with Gasteiger partial charge in [-0.3, -0.25) is 0 Å². The molecular formula is C16H25ClN4O2S. The second kappa shape index (κ2) is 8.25. The lowest BCUT2D eigenvalue weighted by molar-refractivity contribution is 0.0517. The molecule has 0 aliphatic carbocycles. The van der Waals surface area contributed by atoms with Crippen molar-refractivity contribution in [2.45, 2.75) is 44.4 Å². The molecule has 0 spiro atoms. The molecule has 1 amide bonds. The maximum atomic E-state index is 11.8. The summed E-state index contributed by atoms with van der Waals surface area (Å²) in [5.41, 5.74) is -0.478. The van der Waals surface area contributed by atoms with Crippen molar-refractivity contribution in [2.24, 2.45) is 5.92 Å². The highest BCUT2D eigenvalue weighted by atomic mass is 35.5. The second-order valence-corrected chi connectivity index (χ2v) is 8.03. The quantitative estimate of drug-likeness (QED) is 0.495. The van der Waals surface area contributed by atoms with Gasteiger partial charge in [0, 0.05) is 25.7 Å². The average molecular weight is 373 g/mol. The molecule has 2 heterocycles. The van der Waals surface area contributed by atoms with Gasteiger partial charge >= 0.3 is 6.09 Å². The minimum absolute atomic E-state index is 0.359. The van der Waals surface area contributed by atoms with Gasteiger partial charge in [-0.15, -0.1) is 0 Å². The highest BCUT2D eigenvalue weighted by molar-refractivity contribution is 7.98. The van der Waals surface area contributed by atoms with Crippen LogP contribution in [0.2, 0.25) is 5.15 Å². The number of anilines is 1. The molecule has 0 saturated carbocycles. The molecule has 1 aromatic rings. The van der Waals surface area contributed by atoms with E-state index in [0.717, 1.165) is 31.7 Å². The van der Waals surface area contributed by atoms with Crippen LogP contribution in [0.1, 0.15) is 33.6 Å². The fourth-order valence-electron chi connectivity index (χ4n) is 2.62. The minimum Gasteiger partial charge on any atom is -0.444 e. The molecule has 1 aliphatic heterocycles. The van der Waals surface area contributed by atoms with Crippen LogP contribution >= 0.6 is 23.4 Å². The molecule has 1 N–H and O–H groups in total. The lowest BCUT2D eigenvalue weighted by Crippen LogP contribution is -2.42. The Hall–Kier alpha value is -1.21. The third-order valence-corrected chi connectivity index (χ3v) is 4.36. The molecule has 1 atom stereocenters. The fourth-order valence-corrected chi connectivity index (χ4v) is 3.22. The molecule has 134 valence electrons. The van der Waals surface area contributed by atoms with E-state index in [1.54, 1.807) is 6.07 Å². The number of amides is 1. The van der Waals surface area contributed by atoms with Gasteiger partial charge in [0.05, 0.1) is 0 Å². The third kappa shape index (κ3) is 6.02. The molecule has 0 bridgehead atoms. The number of thioether (sulfide) groups is 1. The molecule has 6 nitrogen and oxygen atoms in total. The van der Waals surface area contributed by atoms with Crippen LogP contribution in [-0.4, -0.2) is 47.6 Å². The largest absolute Gasteiger partial charge is 0.444 e. The monoisotopic (exact) mass is 372 g/mol. The van der Waals surface area contributed by atoms with Crippen LogP contribution in [0.4, 0.5) is 10.6 Å². The first-order chi connectivity index (χ1) is 11.3. The van der Waals surface area contributed by atoms with Gasteiger partial charge in [-0.25, -0.2) is 14.8 Å². The number of piperidine rings is 1. The van der Waals surface area contributed by atoms with E-state index in [-0.39, 0.29) is 6.09 Å². The van der Waals surface area contributed by atoms with Crippen molar-refractivity contribution in [2.75, 3.05) is 30.8 Å². The first-order valence-electron chi connectivity index (χ1n) is 8.07. The van der Waals surface area contributed by atoms with Gasteiger partial charge in [0.2, 0.25) is 0 Å². The molecule has 1 aromatic heterocycles. The third-order valence-electron chi connectivity index (χ3n) is 3.62. The fraction of sp³-hybridized carbons (Fsp3) is 0.688. The number of rotatable bonds is 4. The van der Waals surface area contributed by atoms with Crippen LogP contribution in [0.25, 0.3) is 0 Å². The Bertz CT molecular complexity index is 580. The zero-order valence-electron chi connectivity index (χ0n) is 14.6. The first kappa shape index (κ1) is 19.1. The maximum Gasteiger partial charge on any atom is 0.407 e. The summed E-state index contributed by atoms with van der Waals surface area (Å²) < 4.78 is 5.28. The summed E-state index contributed by atoms with van der Waals surface area (Å²) in [5, 5.41) is 3.99. The van der Waals surface area contributed by atoms with Crippen molar-refractivity contribution < 1.29 is 9.53 Å². The first-order valence-corrected chi connectivity index (χ1v) is 9.67. The summed E-state index contributed by atoms with van der Waals surface area (Å²) in [6.45, 7) is 7.94. The summed E-state index contributed by atoms with van der Waals surface area (Å²) in [5.74, 6) is 1.21. The van der Waals surface area contributed by atoms with E-state index in [1.165, 1.54) is 11.8 Å². The molecule has 24 heavy (non-hydrogen) atoms. The second-order valence-electron chi connectivity index (χ2n) is 6.87. The Balaban J connectivity index is 1.92. The van der Waals surface area contributed by atoms with E-state index in [1.807, 2.05) is 27.0 Å². The molecule has 1 fully saturated rings. The number of nitrogens with zero attached hydrogens (tertiary/aromatic N) is 3. The highest BCUT2D eigenvalue weighted by Gasteiger charge is 2.23. The summed E-state index contributed by atoms with van der Waals surface area (Å²) in [6, 6.07) is 1.80. The standard InChI is InChI=1S/C16H25ClN4O2S/c1-16(2,3)23-15(22)18-9-11-6-5-7-21(10-11)13-8-12(17)19-14(20-13)24-4/h8,11H,5-7,9-10H2,1-4H3,(H,18,22)/t11-/m0/s1. The van der Waals surface area contributed by atoms with Crippen LogP contribution in [-0.2, 0) is 4.74 Å². The van der Waals surface area contributed by atoms with Gasteiger partial charge < -0.3 is 15.0 Å². The van der Waals surface area contributed by atoms with Crippen LogP contribution in [0.3, 0.4) is 0 Å². The zero-order chi connectivity index (χ0) is 17.7. The van der Waals surface area contributed by atoms with Crippen molar-refractivity contribution in [3.63, 3.8) is 0 Å². The molecule has 8 heteroatoms. The number of carbonyl (C=O) groups excluding carboxylic acids is 1. The number of carbonyl (C=O) groups is 1. The van der Waals surface area contributed by atoms with Gasteiger partial charge in [0.1, 0.15) is 16.6 Å². The number of alkyl carbamates (subject to hydrolysis) is 1. The molecule has 0 unspecified atom stereocenters. The van der Waals surface area contributed by atoms with Crippen molar-refractivity contribution in [1.82, 2.24) is 15.3 Å². The summed E-state index contributed by atoms with van der Waals surface area (Å²) >= 11 is 7.56. The molecule has 1 aliphatic rings. The SMILES string of the molecule is CSc1nc(Cl)cc(N2CCC[C@@H](CNC(=O)OC(C)(C)C)C2)n1. The molecule has 1 saturated heterocycles. The summed E-state index contributed by atoms with van der Waals surface area (Å²) in [4.78, 5) is 22.7. The molecule has 2 rings (SSSR count). The van der Waals surface area contributed by atoms with Crippen molar-refractivity contribution in [3.05, 3.63) is 11.2 Å². The Kier molecular flexibility index (Phi) is 6.57. The smallest absolute Gasteiger partial charge is 0.407 e. The van der Waals surface area contributed by atoms with E-state index < -0.39 is 5.60 Å². The Morgan fingerprint density at radius 2 is 2.25 bits per heavy atom. The lowest BCUT2D eigenvalue weighted by atomic mass is 9.98. The number of nitrogens with one attached hydrogen (secondary N) is 1. The van der Waals surface area contributed by atoms with E-state index in [2.05, 4.69) is 20.2 Å². The van der Waals surface area contributed by atoms with Crippen molar-refractivity contribution in [1.29, 1.82) is 0 Å². The van der Waals surface area contributed by atoms with Gasteiger partial charge in [-0.05, 0) is 45.8 Å². The zero-order valence-corrected chi connectivity index (χ0v) is 16.2. The van der Waals surface area contributed by atoms with Crippen molar-refractivity contribution >= 4 is 35.3 Å². The number of hydrogen-bond donors (Lipinski definition) is 1. The van der Waals surface area contributed by atoms with Gasteiger partial charge in [-0.1, -0.05) is 23.4 Å². The van der Waals surface area contributed by atoms with Crippen LogP contribution in [0.15, 0.2) is 11.2 Å². The minimum atomic E-state index is -0.478. The van der Waals surface area contributed by atoms with Gasteiger partial charge in [0.15, 0.2) is 5.16 Å². The number of hydrogen-bond acceptors (Lipinski definition) is 6. The highest BCUT2D eigenvalue weighted by Crippen LogP contribution is 2.25. The molecular weight excluding hydrogens is 348 g/mol. The maximum absolute atomic E-state index is 11.8. The topological polar surface area (TPSA) is 67.4 Å². The predicted molar refractivity (Wildman–Crippen MR) is 98.0 cm³/mol. The Labute approximate surface area is 152 Å². The number of halogens is 1. The van der Waals surface area contributed by atoms with Gasteiger partial charge in [-0.2, -0.15) is 0 Å². The van der Waals surface area contributed by atoms with E-state index in [4.69, 9.17) is 16.3 Å². The van der Waals surface area contributed by atoms with Crippen molar-refractivity contribution in [3.8, 4) is 0 Å². The van der Waals surface area contributed by atoms with E-state index >= 15 is 0 Å². The van der Waals surface area contributed by atoms with E-state index in [0.29, 0.717) is 22.8 Å². The Morgan fingerprint density at radius 3 is 2.92 bits per heavy atom. The van der Waals surface area contributed by atoms with Crippen LogP contribution in [0, 0.1) is 5.92 Å². The normalized spacial score (nSPS) is 18.4. The summed E-state index contributed by atoms with van der Waals surface area (Å²) in [7, 11) is 0. The Morgan fingerprint density at radius 1 is 1.50 bits per heavy atom. The molecule has 0 aromatic carbocycles. The lowest BCUT2D eigenvalue weighted by Gasteiger charge is -2.34. The van der Waals surface area contributed by atoms with Crippen LogP contribution < -0.4 is 10.2 Å².